The number of fused-ring (bicyclic) bond motifs is 1. The molecule has 0 saturated heterocycles. The van der Waals surface area contributed by atoms with Gasteiger partial charge in [0.1, 0.15) is 17.5 Å². The van der Waals surface area contributed by atoms with Crippen LogP contribution >= 0.6 is 0 Å². The van der Waals surface area contributed by atoms with Crippen LogP contribution < -0.4 is 20.4 Å². The molecule has 1 saturated carbocycles. The molecule has 7 heteroatoms. The molecule has 0 unspecified atom stereocenters. The zero-order chi connectivity index (χ0) is 24.1. The minimum absolute atomic E-state index is 0.0136. The van der Waals surface area contributed by atoms with Crippen LogP contribution in [-0.2, 0) is 9.59 Å². The molecule has 1 heterocycles. The topological polar surface area (TPSA) is 88.5 Å². The van der Waals surface area contributed by atoms with Gasteiger partial charge >= 0.3 is 0 Å². The van der Waals surface area contributed by atoms with Crippen molar-refractivity contribution < 1.29 is 9.59 Å². The maximum Gasteiger partial charge on any atom is 0.224 e. The quantitative estimate of drug-likeness (QED) is 0.447. The normalized spacial score (nSPS) is 15.5. The summed E-state index contributed by atoms with van der Waals surface area (Å²) in [7, 11) is 3.67. The molecule has 0 spiro atoms. The summed E-state index contributed by atoms with van der Waals surface area (Å²) >= 11 is 0. The van der Waals surface area contributed by atoms with E-state index in [1.54, 1.807) is 0 Å². The molecule has 4 rings (SSSR count). The lowest BCUT2D eigenvalue weighted by atomic mass is 9.95. The van der Waals surface area contributed by atoms with E-state index in [0.717, 1.165) is 17.1 Å². The van der Waals surface area contributed by atoms with Gasteiger partial charge in [-0.25, -0.2) is 0 Å². The molecule has 1 aliphatic carbocycles. The first kappa shape index (κ1) is 23.4. The van der Waals surface area contributed by atoms with Crippen molar-refractivity contribution in [2.45, 2.75) is 51.0 Å². The SMILES string of the molecule is CN1C(=C(C#N)C(=O)CCC(=O)Nc2ccc(NC3CCCCC3)cc2)N(C)c2ccccc21. The summed E-state index contributed by atoms with van der Waals surface area (Å²) < 4.78 is 0. The minimum atomic E-state index is -0.341. The highest BCUT2D eigenvalue weighted by Gasteiger charge is 2.31. The smallest absolute Gasteiger partial charge is 0.224 e. The van der Waals surface area contributed by atoms with Crippen LogP contribution in [0.2, 0.25) is 0 Å². The molecule has 0 radical (unpaired) electrons. The number of nitrogens with zero attached hydrogens (tertiary/aromatic N) is 3. The number of anilines is 4. The van der Waals surface area contributed by atoms with Gasteiger partial charge in [-0.1, -0.05) is 31.4 Å². The molecule has 2 N–H and O–H groups in total. The van der Waals surface area contributed by atoms with Crippen molar-refractivity contribution in [3.63, 3.8) is 0 Å². The summed E-state index contributed by atoms with van der Waals surface area (Å²) in [5, 5.41) is 16.1. The number of nitrogens with one attached hydrogen (secondary N) is 2. The Balaban J connectivity index is 1.33. The van der Waals surface area contributed by atoms with Crippen molar-refractivity contribution >= 4 is 34.4 Å². The van der Waals surface area contributed by atoms with Crippen molar-refractivity contribution in [1.82, 2.24) is 0 Å². The molecule has 0 aromatic heterocycles. The van der Waals surface area contributed by atoms with Crippen LogP contribution in [0.15, 0.2) is 59.9 Å². The number of Topliss-reactive ketones (excluding diaryl/α,β-unsaturated/α-hetero) is 1. The molecule has 1 amide bonds. The summed E-state index contributed by atoms with van der Waals surface area (Å²) in [5.41, 5.74) is 3.67. The lowest BCUT2D eigenvalue weighted by molar-refractivity contribution is -0.120. The highest BCUT2D eigenvalue weighted by Crippen LogP contribution is 2.40. The first-order valence-electron chi connectivity index (χ1n) is 11.9. The van der Waals surface area contributed by atoms with E-state index in [2.05, 4.69) is 16.7 Å². The molecule has 2 aromatic rings. The van der Waals surface area contributed by atoms with E-state index in [1.807, 2.05) is 72.4 Å². The largest absolute Gasteiger partial charge is 0.382 e. The Morgan fingerprint density at radius 1 is 0.912 bits per heavy atom. The van der Waals surface area contributed by atoms with Gasteiger partial charge in [0, 0.05) is 44.4 Å². The van der Waals surface area contributed by atoms with E-state index in [-0.39, 0.29) is 30.1 Å². The highest BCUT2D eigenvalue weighted by atomic mass is 16.2. The van der Waals surface area contributed by atoms with E-state index >= 15 is 0 Å². The van der Waals surface area contributed by atoms with Crippen LogP contribution in [0.4, 0.5) is 22.7 Å². The Morgan fingerprint density at radius 3 is 2.09 bits per heavy atom. The van der Waals surface area contributed by atoms with Gasteiger partial charge in [0.15, 0.2) is 5.78 Å². The minimum Gasteiger partial charge on any atom is -0.382 e. The number of hydrogen-bond donors (Lipinski definition) is 2. The molecule has 2 aliphatic rings. The number of nitriles is 1. The van der Waals surface area contributed by atoms with Gasteiger partial charge in [-0.2, -0.15) is 5.26 Å². The predicted octanol–water partition coefficient (Wildman–Crippen LogP) is 5.04. The number of hydrogen-bond acceptors (Lipinski definition) is 6. The highest BCUT2D eigenvalue weighted by molar-refractivity contribution is 6.04. The third-order valence-corrected chi connectivity index (χ3v) is 6.58. The second-order valence-corrected chi connectivity index (χ2v) is 8.95. The summed E-state index contributed by atoms with van der Waals surface area (Å²) in [6.45, 7) is 0. The number of amides is 1. The van der Waals surface area contributed by atoms with Crippen LogP contribution in [0.3, 0.4) is 0 Å². The maximum absolute atomic E-state index is 12.9. The van der Waals surface area contributed by atoms with E-state index in [0.29, 0.717) is 17.6 Å². The van der Waals surface area contributed by atoms with Crippen LogP contribution in [-0.4, -0.2) is 31.8 Å². The van der Waals surface area contributed by atoms with Gasteiger partial charge < -0.3 is 20.4 Å². The second-order valence-electron chi connectivity index (χ2n) is 8.95. The Labute approximate surface area is 201 Å². The molecular formula is C27H31N5O2. The summed E-state index contributed by atoms with van der Waals surface area (Å²) in [6.07, 6.45) is 6.25. The molecule has 0 atom stereocenters. The van der Waals surface area contributed by atoms with E-state index in [4.69, 9.17) is 0 Å². The molecular weight excluding hydrogens is 426 g/mol. The van der Waals surface area contributed by atoms with Crippen molar-refractivity contribution in [1.29, 1.82) is 5.26 Å². The average Bonchev–Trinajstić information content (AvgIpc) is 3.11. The third-order valence-electron chi connectivity index (χ3n) is 6.58. The standard InChI is InChI=1S/C27H31N5O2/c1-31-23-10-6-7-11-24(23)32(2)27(31)22(18-28)25(33)16-17-26(34)30-21-14-12-20(13-15-21)29-19-8-4-3-5-9-19/h6-7,10-15,19,29H,3-5,8-9,16-17H2,1-2H3,(H,30,34). The van der Waals surface area contributed by atoms with E-state index in [1.165, 1.54) is 32.1 Å². The Hall–Kier alpha value is -3.79. The molecule has 176 valence electrons. The number of benzene rings is 2. The first-order valence-corrected chi connectivity index (χ1v) is 11.9. The van der Waals surface area contributed by atoms with Crippen molar-refractivity contribution in [3.05, 3.63) is 59.9 Å². The van der Waals surface area contributed by atoms with Gasteiger partial charge in [-0.3, -0.25) is 9.59 Å². The molecule has 0 bridgehead atoms. The lowest BCUT2D eigenvalue weighted by Gasteiger charge is -2.23. The van der Waals surface area contributed by atoms with Gasteiger partial charge in [-0.05, 0) is 49.2 Å². The first-order chi connectivity index (χ1) is 16.5. The molecule has 2 aromatic carbocycles. The molecule has 1 fully saturated rings. The van der Waals surface area contributed by atoms with Crippen molar-refractivity contribution in [2.24, 2.45) is 0 Å². The maximum atomic E-state index is 12.9. The second kappa shape index (κ2) is 10.4. The fourth-order valence-corrected chi connectivity index (χ4v) is 4.77. The lowest BCUT2D eigenvalue weighted by Crippen LogP contribution is -2.26. The van der Waals surface area contributed by atoms with Crippen molar-refractivity contribution in [3.8, 4) is 6.07 Å². The van der Waals surface area contributed by atoms with Crippen molar-refractivity contribution in [2.75, 3.05) is 34.5 Å². The number of allylic oxidation sites excluding steroid dienone is 1. The Kier molecular flexibility index (Phi) is 7.17. The van der Waals surface area contributed by atoms with Gasteiger partial charge in [0.05, 0.1) is 11.4 Å². The predicted molar refractivity (Wildman–Crippen MR) is 136 cm³/mol. The third kappa shape index (κ3) is 5.07. The monoisotopic (exact) mass is 457 g/mol. The summed E-state index contributed by atoms with van der Waals surface area (Å²) in [4.78, 5) is 29.0. The van der Waals surface area contributed by atoms with Gasteiger partial charge in [0.25, 0.3) is 0 Å². The number of carbonyl (C=O) groups excluding carboxylic acids is 2. The van der Waals surface area contributed by atoms with E-state index < -0.39 is 0 Å². The molecule has 1 aliphatic heterocycles. The fourth-order valence-electron chi connectivity index (χ4n) is 4.77. The van der Waals surface area contributed by atoms with Crippen LogP contribution in [0.25, 0.3) is 0 Å². The summed E-state index contributed by atoms with van der Waals surface area (Å²) in [5.74, 6) is -0.0543. The zero-order valence-corrected chi connectivity index (χ0v) is 19.8. The Bertz CT molecular complexity index is 1100. The number of para-hydroxylation sites is 2. The van der Waals surface area contributed by atoms with Crippen LogP contribution in [0.1, 0.15) is 44.9 Å². The van der Waals surface area contributed by atoms with Gasteiger partial charge in [-0.15, -0.1) is 0 Å². The number of ketones is 1. The zero-order valence-electron chi connectivity index (χ0n) is 19.8. The Morgan fingerprint density at radius 2 is 1.50 bits per heavy atom. The molecule has 7 nitrogen and oxygen atoms in total. The van der Waals surface area contributed by atoms with Crippen LogP contribution in [0.5, 0.6) is 0 Å². The fraction of sp³-hybridized carbons (Fsp3) is 0.370. The number of rotatable bonds is 7. The average molecular weight is 458 g/mol. The number of carbonyl (C=O) groups is 2. The van der Waals surface area contributed by atoms with E-state index in [9.17, 15) is 14.9 Å². The van der Waals surface area contributed by atoms with Gasteiger partial charge in [0.2, 0.25) is 5.91 Å². The summed E-state index contributed by atoms with van der Waals surface area (Å²) in [6, 6.07) is 18.0. The molecule has 34 heavy (non-hydrogen) atoms. The van der Waals surface area contributed by atoms with Crippen LogP contribution in [0, 0.1) is 11.3 Å².